The van der Waals surface area contributed by atoms with Crippen molar-refractivity contribution in [3.8, 4) is 0 Å². The summed E-state index contributed by atoms with van der Waals surface area (Å²) in [5, 5.41) is 4.94. The molecule has 3 rings (SSSR count). The number of carbonyl (C=O) groups excluding carboxylic acids is 1. The summed E-state index contributed by atoms with van der Waals surface area (Å²) < 4.78 is 2.10. The van der Waals surface area contributed by atoms with Crippen molar-refractivity contribution in [2.45, 2.75) is 26.3 Å². The highest BCUT2D eigenvalue weighted by Crippen LogP contribution is 2.13. The van der Waals surface area contributed by atoms with E-state index >= 15 is 0 Å². The molecule has 0 bridgehead atoms. The first-order valence-electron chi connectivity index (χ1n) is 7.37. The zero-order valence-electron chi connectivity index (χ0n) is 12.5. The first kappa shape index (κ1) is 14.7. The van der Waals surface area contributed by atoms with Crippen LogP contribution in [0.25, 0.3) is 11.2 Å². The largest absolute Gasteiger partial charge is 0.355 e. The maximum Gasteiger partial charge on any atom is 0.225 e. The van der Waals surface area contributed by atoms with Crippen molar-refractivity contribution in [1.82, 2.24) is 19.9 Å². The Morgan fingerprint density at radius 2 is 2.27 bits per heavy atom. The van der Waals surface area contributed by atoms with Crippen molar-refractivity contribution in [1.29, 1.82) is 0 Å². The third-order valence-corrected chi connectivity index (χ3v) is 4.36. The predicted octanol–water partition coefficient (Wildman–Crippen LogP) is 2.41. The zero-order chi connectivity index (χ0) is 15.4. The lowest BCUT2D eigenvalue weighted by molar-refractivity contribution is -0.120. The van der Waals surface area contributed by atoms with Gasteiger partial charge in [-0.2, -0.15) is 0 Å². The van der Waals surface area contributed by atoms with Gasteiger partial charge in [-0.25, -0.2) is 9.97 Å². The molecular weight excluding hydrogens is 296 g/mol. The second-order valence-electron chi connectivity index (χ2n) is 4.97. The molecule has 0 aromatic carbocycles. The molecule has 0 fully saturated rings. The van der Waals surface area contributed by atoms with Gasteiger partial charge in [0.2, 0.25) is 5.91 Å². The molecule has 0 saturated carbocycles. The third kappa shape index (κ3) is 3.17. The van der Waals surface area contributed by atoms with Gasteiger partial charge >= 0.3 is 0 Å². The minimum absolute atomic E-state index is 0.0553. The monoisotopic (exact) mass is 314 g/mol. The quantitative estimate of drug-likeness (QED) is 0.760. The molecule has 6 heteroatoms. The lowest BCUT2D eigenvalue weighted by atomic mass is 10.3. The van der Waals surface area contributed by atoms with E-state index in [0.29, 0.717) is 19.4 Å². The number of aromatic nitrogens is 3. The van der Waals surface area contributed by atoms with Gasteiger partial charge in [0.05, 0.1) is 6.42 Å². The van der Waals surface area contributed by atoms with E-state index in [2.05, 4.69) is 26.8 Å². The third-order valence-electron chi connectivity index (χ3n) is 3.48. The highest BCUT2D eigenvalue weighted by molar-refractivity contribution is 7.10. The number of carbonyl (C=O) groups is 1. The maximum absolute atomic E-state index is 11.9. The molecule has 0 spiro atoms. The minimum atomic E-state index is 0.0553. The van der Waals surface area contributed by atoms with Gasteiger partial charge in [-0.15, -0.1) is 11.3 Å². The number of amides is 1. The second-order valence-corrected chi connectivity index (χ2v) is 6.01. The first-order chi connectivity index (χ1) is 10.8. The molecule has 5 nitrogen and oxygen atoms in total. The average molecular weight is 314 g/mol. The topological polar surface area (TPSA) is 59.8 Å². The molecule has 0 unspecified atom stereocenters. The second kappa shape index (κ2) is 6.70. The van der Waals surface area contributed by atoms with E-state index in [1.165, 1.54) is 0 Å². The van der Waals surface area contributed by atoms with Crippen LogP contribution in [0.4, 0.5) is 0 Å². The van der Waals surface area contributed by atoms with Gasteiger partial charge in [0.15, 0.2) is 5.65 Å². The van der Waals surface area contributed by atoms with Crippen LogP contribution >= 0.6 is 11.3 Å². The van der Waals surface area contributed by atoms with Crippen molar-refractivity contribution in [3.63, 3.8) is 0 Å². The Morgan fingerprint density at radius 3 is 3.05 bits per heavy atom. The summed E-state index contributed by atoms with van der Waals surface area (Å²) in [4.78, 5) is 22.0. The summed E-state index contributed by atoms with van der Waals surface area (Å²) in [6.07, 6.45) is 2.94. The van der Waals surface area contributed by atoms with Crippen LogP contribution in [0.15, 0.2) is 35.8 Å². The first-order valence-corrected chi connectivity index (χ1v) is 8.25. The molecule has 114 valence electrons. The highest BCUT2D eigenvalue weighted by atomic mass is 32.1. The van der Waals surface area contributed by atoms with Crippen molar-refractivity contribution >= 4 is 28.4 Å². The SMILES string of the molecule is CCn1c(CCNC(=O)Cc2cccs2)nc2cccnc21. The summed E-state index contributed by atoms with van der Waals surface area (Å²) >= 11 is 1.60. The molecule has 3 aromatic rings. The Hall–Kier alpha value is -2.21. The summed E-state index contributed by atoms with van der Waals surface area (Å²) in [7, 11) is 0. The molecule has 1 N–H and O–H groups in total. The van der Waals surface area contributed by atoms with Crippen LogP contribution in [0.3, 0.4) is 0 Å². The fraction of sp³-hybridized carbons (Fsp3) is 0.312. The summed E-state index contributed by atoms with van der Waals surface area (Å²) in [5.74, 6) is 1.02. The molecule has 0 radical (unpaired) electrons. The molecule has 22 heavy (non-hydrogen) atoms. The summed E-state index contributed by atoms with van der Waals surface area (Å²) in [6.45, 7) is 3.49. The van der Waals surface area contributed by atoms with Crippen LogP contribution in [0.1, 0.15) is 17.6 Å². The Morgan fingerprint density at radius 1 is 1.36 bits per heavy atom. The van der Waals surface area contributed by atoms with Crippen LogP contribution < -0.4 is 5.32 Å². The zero-order valence-corrected chi connectivity index (χ0v) is 13.3. The number of thiophene rings is 1. The normalized spacial score (nSPS) is 11.0. The number of rotatable bonds is 6. The van der Waals surface area contributed by atoms with E-state index in [1.807, 2.05) is 29.6 Å². The standard InChI is InChI=1S/C16H18N4OS/c1-2-20-14(19-13-6-3-8-18-16(13)20)7-9-17-15(21)11-12-5-4-10-22-12/h3-6,8,10H,2,7,9,11H2,1H3,(H,17,21). The van der Waals surface area contributed by atoms with Gasteiger partial charge in [-0.05, 0) is 30.5 Å². The van der Waals surface area contributed by atoms with Gasteiger partial charge in [0, 0.05) is 30.6 Å². The van der Waals surface area contributed by atoms with Gasteiger partial charge in [0.1, 0.15) is 11.3 Å². The summed E-state index contributed by atoms with van der Waals surface area (Å²) in [6, 6.07) is 7.80. The molecule has 0 atom stereocenters. The van der Waals surface area contributed by atoms with Crippen molar-refractivity contribution < 1.29 is 4.79 Å². The van der Waals surface area contributed by atoms with E-state index < -0.39 is 0 Å². The molecule has 0 aliphatic rings. The van der Waals surface area contributed by atoms with E-state index in [4.69, 9.17) is 0 Å². The Bertz CT molecular complexity index is 764. The van der Waals surface area contributed by atoms with E-state index in [-0.39, 0.29) is 5.91 Å². The molecule has 0 aliphatic heterocycles. The summed E-state index contributed by atoms with van der Waals surface area (Å²) in [5.41, 5.74) is 1.81. The number of hydrogen-bond acceptors (Lipinski definition) is 4. The number of pyridine rings is 1. The predicted molar refractivity (Wildman–Crippen MR) is 87.9 cm³/mol. The molecule has 1 amide bonds. The number of aryl methyl sites for hydroxylation is 1. The Balaban J connectivity index is 1.60. The number of nitrogens with one attached hydrogen (secondary N) is 1. The van der Waals surface area contributed by atoms with E-state index in [1.54, 1.807) is 17.5 Å². The maximum atomic E-state index is 11.9. The fourth-order valence-electron chi connectivity index (χ4n) is 2.48. The number of fused-ring (bicyclic) bond motifs is 1. The Labute approximate surface area is 133 Å². The molecule has 3 aromatic heterocycles. The lowest BCUT2D eigenvalue weighted by Gasteiger charge is -2.06. The van der Waals surface area contributed by atoms with Crippen molar-refractivity contribution in [2.75, 3.05) is 6.54 Å². The molecule has 0 saturated heterocycles. The van der Waals surface area contributed by atoms with Gasteiger partial charge < -0.3 is 9.88 Å². The fourth-order valence-corrected chi connectivity index (χ4v) is 3.18. The van der Waals surface area contributed by atoms with Crippen molar-refractivity contribution in [3.05, 3.63) is 46.5 Å². The van der Waals surface area contributed by atoms with Crippen molar-refractivity contribution in [2.24, 2.45) is 0 Å². The highest BCUT2D eigenvalue weighted by Gasteiger charge is 2.10. The minimum Gasteiger partial charge on any atom is -0.355 e. The van der Waals surface area contributed by atoms with Crippen LogP contribution in [-0.2, 0) is 24.2 Å². The lowest BCUT2D eigenvalue weighted by Crippen LogP contribution is -2.27. The van der Waals surface area contributed by atoms with Crippen LogP contribution in [0, 0.1) is 0 Å². The van der Waals surface area contributed by atoms with E-state index in [0.717, 1.165) is 28.4 Å². The number of imidazole rings is 1. The van der Waals surface area contributed by atoms with Crippen LogP contribution in [0.5, 0.6) is 0 Å². The average Bonchev–Trinajstić information content (AvgIpc) is 3.14. The molecule has 3 heterocycles. The van der Waals surface area contributed by atoms with Crippen LogP contribution in [0.2, 0.25) is 0 Å². The number of hydrogen-bond donors (Lipinski definition) is 1. The Kier molecular flexibility index (Phi) is 4.48. The smallest absolute Gasteiger partial charge is 0.225 e. The van der Waals surface area contributed by atoms with Crippen LogP contribution in [-0.4, -0.2) is 27.0 Å². The van der Waals surface area contributed by atoms with Gasteiger partial charge in [0.25, 0.3) is 0 Å². The molecular formula is C16H18N4OS. The van der Waals surface area contributed by atoms with Gasteiger partial charge in [-0.1, -0.05) is 6.07 Å². The molecule has 0 aliphatic carbocycles. The van der Waals surface area contributed by atoms with Gasteiger partial charge in [-0.3, -0.25) is 4.79 Å². The number of nitrogens with zero attached hydrogens (tertiary/aromatic N) is 3. The van der Waals surface area contributed by atoms with E-state index in [9.17, 15) is 4.79 Å².